The van der Waals surface area contributed by atoms with E-state index in [1.165, 1.54) is 12.1 Å². The monoisotopic (exact) mass is 262 g/mol. The van der Waals surface area contributed by atoms with Crippen molar-refractivity contribution in [3.63, 3.8) is 0 Å². The number of halogens is 1. The topological polar surface area (TPSA) is 55.1 Å². The summed E-state index contributed by atoms with van der Waals surface area (Å²) in [4.78, 5) is 10.7. The molecule has 4 nitrogen and oxygen atoms in total. The maximum Gasteiger partial charge on any atom is 0.338 e. The molecular weight excluding hydrogens is 247 g/mol. The summed E-state index contributed by atoms with van der Waals surface area (Å²) < 4.78 is 15.4. The second-order valence-corrected chi connectivity index (χ2v) is 4.35. The molecule has 100 valence electrons. The zero-order valence-electron chi connectivity index (χ0n) is 10.6. The van der Waals surface area contributed by atoms with E-state index in [-0.39, 0.29) is 5.56 Å². The molecule has 1 aromatic carbocycles. The minimum Gasteiger partial charge on any atom is -0.478 e. The van der Waals surface area contributed by atoms with E-state index in [9.17, 15) is 9.18 Å². The number of hydrogen-bond donors (Lipinski definition) is 1. The highest BCUT2D eigenvalue weighted by Crippen LogP contribution is 2.21. The lowest BCUT2D eigenvalue weighted by Crippen LogP contribution is -2.00. The molecule has 0 saturated heterocycles. The number of nitrogens with zero attached hydrogens (tertiary/aromatic N) is 2. The van der Waals surface area contributed by atoms with Crippen molar-refractivity contribution in [1.82, 2.24) is 9.78 Å². The molecule has 0 aliphatic rings. The number of carboxylic acid groups (broad SMARTS) is 1. The third-order valence-electron chi connectivity index (χ3n) is 2.91. The first-order valence-electron chi connectivity index (χ1n) is 6.17. The smallest absolute Gasteiger partial charge is 0.338 e. The Labute approximate surface area is 110 Å². The Morgan fingerprint density at radius 3 is 2.84 bits per heavy atom. The summed E-state index contributed by atoms with van der Waals surface area (Å²) in [7, 11) is 0. The Kier molecular flexibility index (Phi) is 3.94. The molecule has 5 heteroatoms. The predicted octanol–water partition coefficient (Wildman–Crippen LogP) is 3.19. The Bertz CT molecular complexity index is 593. The molecule has 0 spiro atoms. The van der Waals surface area contributed by atoms with Crippen molar-refractivity contribution in [2.45, 2.75) is 26.3 Å². The van der Waals surface area contributed by atoms with E-state index in [1.807, 2.05) is 10.9 Å². The minimum absolute atomic E-state index is 0.317. The molecule has 0 aliphatic carbocycles. The molecule has 0 amide bonds. The lowest BCUT2D eigenvalue weighted by Gasteiger charge is -2.01. The van der Waals surface area contributed by atoms with Crippen molar-refractivity contribution in [2.75, 3.05) is 0 Å². The molecule has 0 fully saturated rings. The van der Waals surface area contributed by atoms with Crippen LogP contribution in [0, 0.1) is 5.82 Å². The van der Waals surface area contributed by atoms with Crippen LogP contribution in [0.2, 0.25) is 0 Å². The molecular formula is C14H15FN2O2. The molecule has 1 N–H and O–H groups in total. The second kappa shape index (κ2) is 5.65. The standard InChI is InChI=1S/C14H15FN2O2/c1-2-3-6-17-9-11(8-16-17)10-4-5-12(14(18)19)13(15)7-10/h4-5,7-9H,2-3,6H2,1H3,(H,18,19). The zero-order chi connectivity index (χ0) is 13.8. The minimum atomic E-state index is -1.26. The Balaban J connectivity index is 2.24. The van der Waals surface area contributed by atoms with Crippen LogP contribution in [-0.4, -0.2) is 20.9 Å². The summed E-state index contributed by atoms with van der Waals surface area (Å²) in [6.45, 7) is 2.93. The molecule has 0 radical (unpaired) electrons. The highest BCUT2D eigenvalue weighted by atomic mass is 19.1. The van der Waals surface area contributed by atoms with Gasteiger partial charge in [0.2, 0.25) is 0 Å². The van der Waals surface area contributed by atoms with Crippen molar-refractivity contribution in [1.29, 1.82) is 0 Å². The first kappa shape index (κ1) is 13.3. The zero-order valence-corrected chi connectivity index (χ0v) is 10.6. The van der Waals surface area contributed by atoms with Gasteiger partial charge in [0.25, 0.3) is 0 Å². The van der Waals surface area contributed by atoms with Gasteiger partial charge in [0.15, 0.2) is 0 Å². The molecule has 2 aromatic rings. The van der Waals surface area contributed by atoms with Crippen LogP contribution < -0.4 is 0 Å². The van der Waals surface area contributed by atoms with Crippen LogP contribution in [0.25, 0.3) is 11.1 Å². The van der Waals surface area contributed by atoms with Gasteiger partial charge in [0, 0.05) is 18.3 Å². The van der Waals surface area contributed by atoms with E-state index in [0.29, 0.717) is 5.56 Å². The average Bonchev–Trinajstić information content (AvgIpc) is 2.84. The molecule has 1 aromatic heterocycles. The largest absolute Gasteiger partial charge is 0.478 e. The third kappa shape index (κ3) is 2.99. The van der Waals surface area contributed by atoms with Crippen LogP contribution >= 0.6 is 0 Å². The predicted molar refractivity (Wildman–Crippen MR) is 69.5 cm³/mol. The summed E-state index contributed by atoms with van der Waals surface area (Å²) in [6.07, 6.45) is 5.61. The summed E-state index contributed by atoms with van der Waals surface area (Å²) in [5.41, 5.74) is 1.10. The van der Waals surface area contributed by atoms with Crippen LogP contribution in [0.5, 0.6) is 0 Å². The van der Waals surface area contributed by atoms with Crippen molar-refractivity contribution in [3.8, 4) is 11.1 Å². The van der Waals surface area contributed by atoms with E-state index < -0.39 is 11.8 Å². The van der Waals surface area contributed by atoms with Gasteiger partial charge in [-0.15, -0.1) is 0 Å². The van der Waals surface area contributed by atoms with Gasteiger partial charge in [-0.1, -0.05) is 19.4 Å². The number of rotatable bonds is 5. The quantitative estimate of drug-likeness (QED) is 0.900. The van der Waals surface area contributed by atoms with Gasteiger partial charge in [-0.05, 0) is 24.1 Å². The molecule has 0 saturated carbocycles. The Morgan fingerprint density at radius 2 is 2.21 bits per heavy atom. The molecule has 0 atom stereocenters. The second-order valence-electron chi connectivity index (χ2n) is 4.35. The lowest BCUT2D eigenvalue weighted by molar-refractivity contribution is 0.0692. The van der Waals surface area contributed by atoms with Gasteiger partial charge in [-0.3, -0.25) is 4.68 Å². The summed E-state index contributed by atoms with van der Waals surface area (Å²) in [6, 6.07) is 4.09. The highest BCUT2D eigenvalue weighted by Gasteiger charge is 2.11. The van der Waals surface area contributed by atoms with Crippen LogP contribution in [0.4, 0.5) is 4.39 Å². The summed E-state index contributed by atoms with van der Waals surface area (Å²) >= 11 is 0. The number of hydrogen-bond acceptors (Lipinski definition) is 2. The van der Waals surface area contributed by atoms with Crippen molar-refractivity contribution in [2.24, 2.45) is 0 Å². The number of carbonyl (C=O) groups is 1. The van der Waals surface area contributed by atoms with Gasteiger partial charge >= 0.3 is 5.97 Å². The summed E-state index contributed by atoms with van der Waals surface area (Å²) in [5.74, 6) is -1.99. The first-order chi connectivity index (χ1) is 9.11. The van der Waals surface area contributed by atoms with Crippen molar-refractivity contribution in [3.05, 3.63) is 42.0 Å². The van der Waals surface area contributed by atoms with Crippen LogP contribution in [0.3, 0.4) is 0 Å². The number of carboxylic acids is 1. The molecule has 1 heterocycles. The molecule has 0 unspecified atom stereocenters. The van der Waals surface area contributed by atoms with Gasteiger partial charge in [0.05, 0.1) is 11.8 Å². The number of unbranched alkanes of at least 4 members (excludes halogenated alkanes) is 1. The van der Waals surface area contributed by atoms with Crippen molar-refractivity contribution >= 4 is 5.97 Å². The van der Waals surface area contributed by atoms with Crippen molar-refractivity contribution < 1.29 is 14.3 Å². The fourth-order valence-electron chi connectivity index (χ4n) is 1.82. The van der Waals surface area contributed by atoms with Gasteiger partial charge in [-0.25, -0.2) is 9.18 Å². The number of aryl methyl sites for hydroxylation is 1. The number of aromatic carboxylic acids is 1. The fraction of sp³-hybridized carbons (Fsp3) is 0.286. The maximum absolute atomic E-state index is 13.6. The van der Waals surface area contributed by atoms with Crippen LogP contribution in [0.15, 0.2) is 30.6 Å². The maximum atomic E-state index is 13.6. The van der Waals surface area contributed by atoms with Gasteiger partial charge in [-0.2, -0.15) is 5.10 Å². The summed E-state index contributed by atoms with van der Waals surface area (Å²) in [5, 5.41) is 13.0. The third-order valence-corrected chi connectivity index (χ3v) is 2.91. The SMILES string of the molecule is CCCCn1cc(-c2ccc(C(=O)O)c(F)c2)cn1. The normalized spacial score (nSPS) is 10.6. The average molecular weight is 262 g/mol. The molecule has 0 bridgehead atoms. The Morgan fingerprint density at radius 1 is 1.42 bits per heavy atom. The number of aromatic nitrogens is 2. The highest BCUT2D eigenvalue weighted by molar-refractivity contribution is 5.88. The first-order valence-corrected chi connectivity index (χ1v) is 6.17. The van der Waals surface area contributed by atoms with Crippen LogP contribution in [-0.2, 0) is 6.54 Å². The fourth-order valence-corrected chi connectivity index (χ4v) is 1.82. The Hall–Kier alpha value is -2.17. The molecule has 19 heavy (non-hydrogen) atoms. The van der Waals surface area contributed by atoms with Crippen LogP contribution in [0.1, 0.15) is 30.1 Å². The van der Waals surface area contributed by atoms with Gasteiger partial charge in [0.1, 0.15) is 5.82 Å². The van der Waals surface area contributed by atoms with E-state index in [0.717, 1.165) is 24.9 Å². The molecule has 2 rings (SSSR count). The molecule has 0 aliphatic heterocycles. The van der Waals surface area contributed by atoms with E-state index in [1.54, 1.807) is 12.3 Å². The van der Waals surface area contributed by atoms with E-state index >= 15 is 0 Å². The van der Waals surface area contributed by atoms with E-state index in [2.05, 4.69) is 12.0 Å². The lowest BCUT2D eigenvalue weighted by atomic mass is 10.1. The van der Waals surface area contributed by atoms with Gasteiger partial charge < -0.3 is 5.11 Å². The number of benzene rings is 1. The van der Waals surface area contributed by atoms with E-state index in [4.69, 9.17) is 5.11 Å².